The number of para-hydroxylation sites is 1. The van der Waals surface area contributed by atoms with Gasteiger partial charge in [-0.2, -0.15) is 5.10 Å². The van der Waals surface area contributed by atoms with Gasteiger partial charge in [-0.3, -0.25) is 4.79 Å². The van der Waals surface area contributed by atoms with E-state index in [4.69, 9.17) is 14.3 Å². The van der Waals surface area contributed by atoms with Gasteiger partial charge in [0, 0.05) is 17.2 Å². The number of hydrogen-bond acceptors (Lipinski definition) is 5. The van der Waals surface area contributed by atoms with Gasteiger partial charge in [0.05, 0.1) is 31.3 Å². The third-order valence-electron chi connectivity index (χ3n) is 5.12. The van der Waals surface area contributed by atoms with Crippen molar-refractivity contribution in [2.75, 3.05) is 7.11 Å². The molecule has 158 valence electrons. The zero-order chi connectivity index (χ0) is 21.9. The van der Waals surface area contributed by atoms with Crippen molar-refractivity contribution in [2.45, 2.75) is 6.54 Å². The summed E-state index contributed by atoms with van der Waals surface area (Å²) in [5.41, 5.74) is 4.10. The van der Waals surface area contributed by atoms with Gasteiger partial charge in [-0.15, -0.1) is 0 Å². The number of carbonyl (C=O) groups excluding carboxylic acids is 1. The molecule has 3 aromatic heterocycles. The molecular weight excluding hydrogens is 404 g/mol. The SMILES string of the molecule is COc1ccccc1-c1cc(C(=O)NCc2ccco2)nc2cc(-c3ccccc3)nn12. The first kappa shape index (κ1) is 19.6. The van der Waals surface area contributed by atoms with Crippen LogP contribution in [-0.2, 0) is 6.54 Å². The van der Waals surface area contributed by atoms with E-state index in [0.29, 0.717) is 22.9 Å². The normalized spacial score (nSPS) is 10.9. The summed E-state index contributed by atoms with van der Waals surface area (Å²) in [4.78, 5) is 17.5. The fourth-order valence-electron chi connectivity index (χ4n) is 3.56. The van der Waals surface area contributed by atoms with E-state index in [9.17, 15) is 4.79 Å². The summed E-state index contributed by atoms with van der Waals surface area (Å²) in [6.45, 7) is 0.275. The molecule has 1 N–H and O–H groups in total. The van der Waals surface area contributed by atoms with E-state index >= 15 is 0 Å². The standard InChI is InChI=1S/C25H20N4O3/c1-31-23-12-6-5-11-19(23)22-14-21(25(30)26-16-18-10-7-13-32-18)27-24-15-20(28-29(22)24)17-8-3-2-4-9-17/h2-15H,16H2,1H3,(H,26,30). The highest BCUT2D eigenvalue weighted by atomic mass is 16.5. The van der Waals surface area contributed by atoms with Gasteiger partial charge in [-0.25, -0.2) is 9.50 Å². The largest absolute Gasteiger partial charge is 0.496 e. The lowest BCUT2D eigenvalue weighted by atomic mass is 10.1. The second-order valence-electron chi connectivity index (χ2n) is 7.15. The first-order valence-corrected chi connectivity index (χ1v) is 10.1. The quantitative estimate of drug-likeness (QED) is 0.431. The predicted octanol–water partition coefficient (Wildman–Crippen LogP) is 4.59. The van der Waals surface area contributed by atoms with Gasteiger partial charge in [-0.05, 0) is 30.3 Å². The third-order valence-corrected chi connectivity index (χ3v) is 5.12. The van der Waals surface area contributed by atoms with Gasteiger partial charge in [0.2, 0.25) is 0 Å². The van der Waals surface area contributed by atoms with Crippen molar-refractivity contribution >= 4 is 11.6 Å². The number of hydrogen-bond donors (Lipinski definition) is 1. The number of carbonyl (C=O) groups is 1. The number of fused-ring (bicyclic) bond motifs is 1. The van der Waals surface area contributed by atoms with E-state index in [-0.39, 0.29) is 18.1 Å². The molecule has 0 bridgehead atoms. The summed E-state index contributed by atoms with van der Waals surface area (Å²) < 4.78 is 12.6. The number of aromatic nitrogens is 3. The van der Waals surface area contributed by atoms with Crippen molar-refractivity contribution in [3.63, 3.8) is 0 Å². The molecule has 5 rings (SSSR count). The molecule has 32 heavy (non-hydrogen) atoms. The molecule has 0 unspecified atom stereocenters. The maximum atomic E-state index is 12.9. The Hall–Kier alpha value is -4.39. The third kappa shape index (κ3) is 3.72. The molecule has 0 spiro atoms. The number of benzene rings is 2. The molecule has 0 saturated carbocycles. The lowest BCUT2D eigenvalue weighted by molar-refractivity contribution is 0.0943. The van der Waals surface area contributed by atoms with Crippen LogP contribution >= 0.6 is 0 Å². The average Bonchev–Trinajstić information content (AvgIpc) is 3.52. The number of nitrogens with zero attached hydrogens (tertiary/aromatic N) is 3. The fraction of sp³-hybridized carbons (Fsp3) is 0.0800. The van der Waals surface area contributed by atoms with Gasteiger partial charge in [-0.1, -0.05) is 42.5 Å². The highest BCUT2D eigenvalue weighted by Gasteiger charge is 2.18. The summed E-state index contributed by atoms with van der Waals surface area (Å²) in [6.07, 6.45) is 1.57. The van der Waals surface area contributed by atoms with Crippen LogP contribution in [0, 0.1) is 0 Å². The number of furan rings is 1. The second-order valence-corrected chi connectivity index (χ2v) is 7.15. The zero-order valence-corrected chi connectivity index (χ0v) is 17.4. The van der Waals surface area contributed by atoms with Gasteiger partial charge in [0.1, 0.15) is 17.2 Å². The lowest BCUT2D eigenvalue weighted by Gasteiger charge is -2.11. The minimum absolute atomic E-state index is 0.275. The molecule has 7 heteroatoms. The first-order valence-electron chi connectivity index (χ1n) is 10.1. The zero-order valence-electron chi connectivity index (χ0n) is 17.4. The summed E-state index contributed by atoms with van der Waals surface area (Å²) in [6, 6.07) is 24.7. The number of amides is 1. The Balaban J connectivity index is 1.63. The fourth-order valence-corrected chi connectivity index (χ4v) is 3.56. The van der Waals surface area contributed by atoms with E-state index in [1.165, 1.54) is 0 Å². The van der Waals surface area contributed by atoms with Crippen LogP contribution in [0.4, 0.5) is 0 Å². The van der Waals surface area contributed by atoms with E-state index < -0.39 is 0 Å². The van der Waals surface area contributed by atoms with Crippen molar-refractivity contribution in [1.29, 1.82) is 0 Å². The van der Waals surface area contributed by atoms with E-state index in [2.05, 4.69) is 10.3 Å². The van der Waals surface area contributed by atoms with Crippen LogP contribution in [0.2, 0.25) is 0 Å². The Morgan fingerprint density at radius 3 is 2.62 bits per heavy atom. The number of methoxy groups -OCH3 is 1. The molecule has 7 nitrogen and oxygen atoms in total. The minimum atomic E-state index is -0.303. The highest BCUT2D eigenvalue weighted by Crippen LogP contribution is 2.31. The van der Waals surface area contributed by atoms with Crippen LogP contribution in [0.3, 0.4) is 0 Å². The minimum Gasteiger partial charge on any atom is -0.496 e. The molecule has 3 heterocycles. The van der Waals surface area contributed by atoms with Crippen LogP contribution in [-0.4, -0.2) is 27.6 Å². The second kappa shape index (κ2) is 8.39. The summed E-state index contributed by atoms with van der Waals surface area (Å²) >= 11 is 0. The topological polar surface area (TPSA) is 81.7 Å². The molecule has 0 aliphatic carbocycles. The summed E-state index contributed by atoms with van der Waals surface area (Å²) in [7, 11) is 1.62. The Bertz CT molecular complexity index is 1380. The molecule has 1 amide bonds. The van der Waals surface area contributed by atoms with Gasteiger partial charge in [0.25, 0.3) is 5.91 Å². The van der Waals surface area contributed by atoms with Gasteiger partial charge in [0.15, 0.2) is 5.65 Å². The molecule has 0 atom stereocenters. The van der Waals surface area contributed by atoms with Crippen LogP contribution < -0.4 is 10.1 Å². The highest BCUT2D eigenvalue weighted by molar-refractivity contribution is 5.94. The first-order chi connectivity index (χ1) is 15.7. The van der Waals surface area contributed by atoms with Crippen LogP contribution in [0.1, 0.15) is 16.2 Å². The molecule has 0 fully saturated rings. The average molecular weight is 424 g/mol. The van der Waals surface area contributed by atoms with E-state index in [1.54, 1.807) is 36.1 Å². The Kier molecular flexibility index (Phi) is 5.13. The number of nitrogens with one attached hydrogen (secondary N) is 1. The van der Waals surface area contributed by atoms with Crippen molar-refractivity contribution in [3.8, 4) is 28.3 Å². The van der Waals surface area contributed by atoms with Crippen molar-refractivity contribution in [3.05, 3.63) is 96.6 Å². The van der Waals surface area contributed by atoms with Crippen LogP contribution in [0.15, 0.2) is 89.5 Å². The number of ether oxygens (including phenoxy) is 1. The Labute approximate surface area is 184 Å². The molecule has 0 aliphatic heterocycles. The maximum Gasteiger partial charge on any atom is 0.270 e. The maximum absolute atomic E-state index is 12.9. The van der Waals surface area contributed by atoms with Crippen LogP contribution in [0.25, 0.3) is 28.2 Å². The predicted molar refractivity (Wildman–Crippen MR) is 120 cm³/mol. The summed E-state index contributed by atoms with van der Waals surface area (Å²) in [5, 5.41) is 7.63. The molecule has 0 radical (unpaired) electrons. The smallest absolute Gasteiger partial charge is 0.270 e. The molecular formula is C25H20N4O3. The van der Waals surface area contributed by atoms with Crippen molar-refractivity contribution in [2.24, 2.45) is 0 Å². The number of rotatable bonds is 6. The molecule has 0 saturated heterocycles. The van der Waals surface area contributed by atoms with Gasteiger partial charge >= 0.3 is 0 Å². The lowest BCUT2D eigenvalue weighted by Crippen LogP contribution is -2.24. The Morgan fingerprint density at radius 2 is 1.84 bits per heavy atom. The molecule has 0 aliphatic rings. The van der Waals surface area contributed by atoms with Crippen molar-refractivity contribution in [1.82, 2.24) is 19.9 Å². The molecule has 5 aromatic rings. The monoisotopic (exact) mass is 424 g/mol. The summed E-state index contributed by atoms with van der Waals surface area (Å²) in [5.74, 6) is 1.04. The van der Waals surface area contributed by atoms with Crippen LogP contribution in [0.5, 0.6) is 5.75 Å². The molecule has 2 aromatic carbocycles. The van der Waals surface area contributed by atoms with E-state index in [0.717, 1.165) is 16.8 Å². The Morgan fingerprint density at radius 1 is 1.03 bits per heavy atom. The van der Waals surface area contributed by atoms with Gasteiger partial charge < -0.3 is 14.5 Å². The van der Waals surface area contributed by atoms with E-state index in [1.807, 2.05) is 60.7 Å². The van der Waals surface area contributed by atoms with Crippen molar-refractivity contribution < 1.29 is 13.9 Å².